The first kappa shape index (κ1) is 27.8. The maximum Gasteiger partial charge on any atom is 0.251 e. The Bertz CT molecular complexity index is 1210. The third kappa shape index (κ3) is 7.36. The van der Waals surface area contributed by atoms with Crippen molar-refractivity contribution in [3.8, 4) is 11.5 Å². The second-order valence-corrected chi connectivity index (χ2v) is 9.37. The number of ether oxygens (including phenoxy) is 2. The Hall–Kier alpha value is -3.79. The van der Waals surface area contributed by atoms with E-state index in [2.05, 4.69) is 27.4 Å². The largest absolute Gasteiger partial charge is 0.497 e. The molecule has 2 N–H and O–H groups in total. The highest BCUT2D eigenvalue weighted by molar-refractivity contribution is 7.99. The number of rotatable bonds is 13. The van der Waals surface area contributed by atoms with E-state index in [9.17, 15) is 9.59 Å². The van der Waals surface area contributed by atoms with Crippen molar-refractivity contribution in [1.82, 2.24) is 20.1 Å². The first-order chi connectivity index (χ1) is 17.9. The summed E-state index contributed by atoms with van der Waals surface area (Å²) < 4.78 is 12.6. The smallest absolute Gasteiger partial charge is 0.251 e. The van der Waals surface area contributed by atoms with Crippen LogP contribution < -0.4 is 20.1 Å². The predicted molar refractivity (Wildman–Crippen MR) is 145 cm³/mol. The summed E-state index contributed by atoms with van der Waals surface area (Å²) in [5.74, 6) is 1.63. The van der Waals surface area contributed by atoms with Crippen molar-refractivity contribution in [2.75, 3.05) is 24.8 Å². The molecule has 2 aromatic carbocycles. The van der Waals surface area contributed by atoms with E-state index in [1.165, 1.54) is 11.8 Å². The lowest BCUT2D eigenvalue weighted by molar-refractivity contribution is -0.113. The van der Waals surface area contributed by atoms with Crippen LogP contribution in [0.25, 0.3) is 0 Å². The summed E-state index contributed by atoms with van der Waals surface area (Å²) in [6.45, 7) is 10.7. The van der Waals surface area contributed by atoms with Gasteiger partial charge in [0, 0.05) is 12.1 Å². The third-order valence-electron chi connectivity index (χ3n) is 5.43. The van der Waals surface area contributed by atoms with Crippen LogP contribution in [0.4, 0.5) is 5.69 Å². The molecule has 0 fully saturated rings. The highest BCUT2D eigenvalue weighted by Gasteiger charge is 2.26. The number of thioether (sulfide) groups is 1. The van der Waals surface area contributed by atoms with Gasteiger partial charge in [-0.25, -0.2) is 0 Å². The van der Waals surface area contributed by atoms with Gasteiger partial charge in [0.25, 0.3) is 5.91 Å². The summed E-state index contributed by atoms with van der Waals surface area (Å²) in [4.78, 5) is 25.7. The van der Waals surface area contributed by atoms with Gasteiger partial charge in [-0.05, 0) is 49.2 Å². The zero-order valence-corrected chi connectivity index (χ0v) is 22.4. The minimum atomic E-state index is -0.400. The van der Waals surface area contributed by atoms with Gasteiger partial charge < -0.3 is 24.7 Å². The fourth-order valence-corrected chi connectivity index (χ4v) is 4.36. The lowest BCUT2D eigenvalue weighted by Crippen LogP contribution is -2.33. The molecule has 9 nitrogen and oxygen atoms in total. The molecule has 0 spiro atoms. The molecular formula is C27H33N5O4S. The SMILES string of the molecule is C=CCn1c(SCC(=O)Nc2ccccc2OCC)nnc1[C@@H](NC(=O)c1ccc(OC)cc1)C(C)C. The quantitative estimate of drug-likeness (QED) is 0.246. The van der Waals surface area contributed by atoms with Gasteiger partial charge in [0.15, 0.2) is 11.0 Å². The summed E-state index contributed by atoms with van der Waals surface area (Å²) in [6, 6.07) is 13.8. The molecular weight excluding hydrogens is 490 g/mol. The zero-order valence-electron chi connectivity index (χ0n) is 21.6. The summed E-state index contributed by atoms with van der Waals surface area (Å²) >= 11 is 1.26. The highest BCUT2D eigenvalue weighted by atomic mass is 32.2. The van der Waals surface area contributed by atoms with Gasteiger partial charge in [-0.15, -0.1) is 16.8 Å². The second kappa shape index (κ2) is 13.5. The number of benzene rings is 2. The molecule has 0 unspecified atom stereocenters. The molecule has 1 atom stereocenters. The molecule has 196 valence electrons. The Morgan fingerprint density at radius 3 is 2.51 bits per heavy atom. The number of hydrogen-bond donors (Lipinski definition) is 2. The average Bonchev–Trinajstić information content (AvgIpc) is 3.29. The molecule has 0 aliphatic rings. The van der Waals surface area contributed by atoms with Crippen LogP contribution in [0.5, 0.6) is 11.5 Å². The number of anilines is 1. The van der Waals surface area contributed by atoms with Crippen LogP contribution in [-0.2, 0) is 11.3 Å². The molecule has 0 aliphatic carbocycles. The Labute approximate surface area is 221 Å². The fraction of sp³-hybridized carbons (Fsp3) is 0.333. The van der Waals surface area contributed by atoms with Crippen LogP contribution in [-0.4, -0.2) is 46.0 Å². The Morgan fingerprint density at radius 2 is 1.86 bits per heavy atom. The normalized spacial score (nSPS) is 11.6. The van der Waals surface area contributed by atoms with Crippen molar-refractivity contribution >= 4 is 29.3 Å². The minimum Gasteiger partial charge on any atom is -0.497 e. The van der Waals surface area contributed by atoms with Crippen molar-refractivity contribution in [3.63, 3.8) is 0 Å². The van der Waals surface area contributed by atoms with Crippen LogP contribution >= 0.6 is 11.8 Å². The highest BCUT2D eigenvalue weighted by Crippen LogP contribution is 2.27. The van der Waals surface area contributed by atoms with Crippen LogP contribution in [0.15, 0.2) is 66.3 Å². The van der Waals surface area contributed by atoms with Crippen LogP contribution in [0.2, 0.25) is 0 Å². The molecule has 3 aromatic rings. The first-order valence-electron chi connectivity index (χ1n) is 12.0. The number of amides is 2. The number of aromatic nitrogens is 3. The van der Waals surface area contributed by atoms with Crippen molar-refractivity contribution < 1.29 is 19.1 Å². The number of methoxy groups -OCH3 is 1. The lowest BCUT2D eigenvalue weighted by Gasteiger charge is -2.22. The van der Waals surface area contributed by atoms with Gasteiger partial charge in [-0.3, -0.25) is 9.59 Å². The van der Waals surface area contributed by atoms with Crippen molar-refractivity contribution in [1.29, 1.82) is 0 Å². The molecule has 37 heavy (non-hydrogen) atoms. The third-order valence-corrected chi connectivity index (χ3v) is 6.40. The Kier molecular flexibility index (Phi) is 10.1. The number of allylic oxidation sites excluding steroid dienone is 1. The van der Waals surface area contributed by atoms with Gasteiger partial charge in [0.05, 0.1) is 31.2 Å². The number of hydrogen-bond acceptors (Lipinski definition) is 7. The van der Waals surface area contributed by atoms with Crippen molar-refractivity contribution in [2.24, 2.45) is 5.92 Å². The topological polar surface area (TPSA) is 107 Å². The van der Waals surface area contributed by atoms with E-state index in [1.807, 2.05) is 43.5 Å². The van der Waals surface area contributed by atoms with Gasteiger partial charge in [0.2, 0.25) is 5.91 Å². The van der Waals surface area contributed by atoms with E-state index in [0.717, 1.165) is 0 Å². The maximum absolute atomic E-state index is 13.0. The standard InChI is InChI=1S/C27H33N5O4S/c1-6-16-32-25(24(18(3)4)29-26(34)19-12-14-20(35-5)15-13-19)30-31-27(32)37-17-23(33)28-21-10-8-9-11-22(21)36-7-2/h6,8-15,18,24H,1,7,16-17H2,2-5H3,(H,28,33)(H,29,34)/t24-/m0/s1. The molecule has 0 radical (unpaired) electrons. The zero-order chi connectivity index (χ0) is 26.8. The predicted octanol–water partition coefficient (Wildman–Crippen LogP) is 4.73. The molecule has 0 aliphatic heterocycles. The number of nitrogens with one attached hydrogen (secondary N) is 2. The molecule has 10 heteroatoms. The molecule has 0 bridgehead atoms. The van der Waals surface area contributed by atoms with E-state index < -0.39 is 6.04 Å². The fourth-order valence-electron chi connectivity index (χ4n) is 3.60. The number of carbonyl (C=O) groups excluding carboxylic acids is 2. The van der Waals surface area contributed by atoms with Crippen LogP contribution in [0, 0.1) is 5.92 Å². The molecule has 1 aromatic heterocycles. The minimum absolute atomic E-state index is 0.0335. The molecule has 2 amide bonds. The average molecular weight is 524 g/mol. The summed E-state index contributed by atoms with van der Waals surface area (Å²) in [5.41, 5.74) is 1.13. The Morgan fingerprint density at radius 1 is 1.14 bits per heavy atom. The van der Waals surface area contributed by atoms with Crippen LogP contribution in [0.3, 0.4) is 0 Å². The van der Waals surface area contributed by atoms with Crippen molar-refractivity contribution in [2.45, 2.75) is 38.5 Å². The molecule has 0 saturated carbocycles. The van der Waals surface area contributed by atoms with Gasteiger partial charge in [0.1, 0.15) is 11.5 Å². The van der Waals surface area contributed by atoms with Gasteiger partial charge in [-0.1, -0.05) is 43.8 Å². The molecule has 3 rings (SSSR count). The maximum atomic E-state index is 13.0. The monoisotopic (exact) mass is 523 g/mol. The summed E-state index contributed by atoms with van der Waals surface area (Å²) in [5, 5.41) is 15.2. The first-order valence-corrected chi connectivity index (χ1v) is 13.0. The van der Waals surface area contributed by atoms with E-state index in [-0.39, 0.29) is 23.5 Å². The summed E-state index contributed by atoms with van der Waals surface area (Å²) in [6.07, 6.45) is 1.73. The van der Waals surface area contributed by atoms with Gasteiger partial charge in [-0.2, -0.15) is 0 Å². The number of para-hydroxylation sites is 2. The Balaban J connectivity index is 1.74. The van der Waals surface area contributed by atoms with E-state index in [0.29, 0.717) is 46.9 Å². The molecule has 1 heterocycles. The second-order valence-electron chi connectivity index (χ2n) is 8.43. The van der Waals surface area contributed by atoms with Gasteiger partial charge >= 0.3 is 0 Å². The van der Waals surface area contributed by atoms with E-state index >= 15 is 0 Å². The molecule has 0 saturated heterocycles. The van der Waals surface area contributed by atoms with E-state index in [4.69, 9.17) is 9.47 Å². The van der Waals surface area contributed by atoms with Crippen LogP contribution in [0.1, 0.15) is 43.0 Å². The number of carbonyl (C=O) groups is 2. The summed E-state index contributed by atoms with van der Waals surface area (Å²) in [7, 11) is 1.58. The number of nitrogens with zero attached hydrogens (tertiary/aromatic N) is 3. The van der Waals surface area contributed by atoms with Crippen molar-refractivity contribution in [3.05, 3.63) is 72.6 Å². The van der Waals surface area contributed by atoms with E-state index in [1.54, 1.807) is 43.5 Å². The lowest BCUT2D eigenvalue weighted by atomic mass is 10.0.